The number of amides is 4. The summed E-state index contributed by atoms with van der Waals surface area (Å²) >= 11 is 6.23. The molecule has 2 aliphatic carbocycles. The number of imide groups is 2. The number of phenolic OH excluding ortho intramolecular Hbond substituents is 1. The van der Waals surface area contributed by atoms with Gasteiger partial charge in [0.1, 0.15) is 5.82 Å². The zero-order valence-corrected chi connectivity index (χ0v) is 23.1. The largest absolute Gasteiger partial charge is 0.505 e. The quantitative estimate of drug-likeness (QED) is 0.297. The zero-order chi connectivity index (χ0) is 30.2. The van der Waals surface area contributed by atoms with Gasteiger partial charge in [0.05, 0.1) is 28.9 Å². The molecule has 3 aromatic carbocycles. The van der Waals surface area contributed by atoms with E-state index < -0.39 is 70.1 Å². The third-order valence-corrected chi connectivity index (χ3v) is 9.66. The number of fused-ring (bicyclic) bond motifs is 4. The van der Waals surface area contributed by atoms with Crippen molar-refractivity contribution in [3.8, 4) is 5.75 Å². The number of hydrogen-bond donors (Lipinski definition) is 3. The molecule has 2 heterocycles. The van der Waals surface area contributed by atoms with E-state index in [0.717, 1.165) is 11.1 Å². The van der Waals surface area contributed by atoms with E-state index in [-0.39, 0.29) is 24.4 Å². The van der Waals surface area contributed by atoms with Gasteiger partial charge >= 0.3 is 0 Å². The maximum absolute atomic E-state index is 15.0. The molecule has 2 aliphatic heterocycles. The Balaban J connectivity index is 1.47. The first-order valence-electron chi connectivity index (χ1n) is 13.8. The summed E-state index contributed by atoms with van der Waals surface area (Å²) in [5, 5.41) is 13.7. The molecule has 2 saturated heterocycles. The molecule has 3 N–H and O–H groups in total. The summed E-state index contributed by atoms with van der Waals surface area (Å²) in [5.41, 5.74) is 2.93. The van der Waals surface area contributed by atoms with Crippen molar-refractivity contribution < 1.29 is 33.1 Å². The number of rotatable bonds is 4. The molecule has 8 nitrogen and oxygen atoms in total. The molecule has 3 fully saturated rings. The highest BCUT2D eigenvalue weighted by molar-refractivity contribution is 6.30. The Morgan fingerprint density at radius 1 is 0.930 bits per heavy atom. The molecule has 11 heteroatoms. The smallest absolute Gasteiger partial charge is 0.260 e. The van der Waals surface area contributed by atoms with Gasteiger partial charge in [-0.25, -0.2) is 8.78 Å². The van der Waals surface area contributed by atoms with Crippen LogP contribution < -0.4 is 10.7 Å². The summed E-state index contributed by atoms with van der Waals surface area (Å²) in [6.07, 6.45) is 2.13. The number of aromatic hydroxyl groups is 1. The normalized spacial score (nSPS) is 29.5. The number of carbonyl (C=O) groups is 4. The Hall–Kier alpha value is -4.57. The van der Waals surface area contributed by atoms with Crippen molar-refractivity contribution in [1.82, 2.24) is 10.3 Å². The Bertz CT molecular complexity index is 1740. The lowest BCUT2D eigenvalue weighted by Crippen LogP contribution is -2.53. The molecule has 3 aromatic rings. The fourth-order valence-corrected chi connectivity index (χ4v) is 7.77. The van der Waals surface area contributed by atoms with Crippen molar-refractivity contribution in [1.29, 1.82) is 0 Å². The van der Waals surface area contributed by atoms with Crippen LogP contribution in [0.2, 0.25) is 5.02 Å². The third-order valence-electron chi connectivity index (χ3n) is 9.40. The van der Waals surface area contributed by atoms with Crippen LogP contribution in [0.15, 0.2) is 78.4 Å². The first-order chi connectivity index (χ1) is 20.6. The number of hydrazine groups is 1. The van der Waals surface area contributed by atoms with Crippen LogP contribution in [-0.2, 0) is 24.6 Å². The Morgan fingerprint density at radius 3 is 2.35 bits per heavy atom. The van der Waals surface area contributed by atoms with Crippen molar-refractivity contribution in [2.45, 2.75) is 24.2 Å². The number of benzene rings is 3. The average Bonchev–Trinajstić information content (AvgIpc) is 3.40. The first-order valence-corrected chi connectivity index (χ1v) is 14.2. The molecule has 218 valence electrons. The number of allylic oxidation sites excluding steroid dienone is 2. The van der Waals surface area contributed by atoms with E-state index in [1.807, 2.05) is 6.08 Å². The lowest BCUT2D eigenvalue weighted by atomic mass is 9.49. The maximum Gasteiger partial charge on any atom is 0.260 e. The Kier molecular flexibility index (Phi) is 6.18. The summed E-state index contributed by atoms with van der Waals surface area (Å²) in [4.78, 5) is 54.9. The van der Waals surface area contributed by atoms with Crippen LogP contribution in [0.5, 0.6) is 5.75 Å². The van der Waals surface area contributed by atoms with Gasteiger partial charge in [-0.15, -0.1) is 0 Å². The predicted molar refractivity (Wildman–Crippen MR) is 150 cm³/mol. The highest BCUT2D eigenvalue weighted by atomic mass is 35.5. The molecule has 0 bridgehead atoms. The van der Waals surface area contributed by atoms with Crippen molar-refractivity contribution in [3.63, 3.8) is 0 Å². The molecule has 0 spiro atoms. The molecule has 6 atom stereocenters. The van der Waals surface area contributed by atoms with Crippen molar-refractivity contribution in [3.05, 3.63) is 106 Å². The second-order valence-electron chi connectivity index (χ2n) is 11.4. The van der Waals surface area contributed by atoms with E-state index in [9.17, 15) is 33.1 Å². The summed E-state index contributed by atoms with van der Waals surface area (Å²) < 4.78 is 28.6. The minimum absolute atomic E-state index is 0.0690. The number of phenols is 1. The van der Waals surface area contributed by atoms with Gasteiger partial charge in [-0.05, 0) is 78.4 Å². The highest BCUT2D eigenvalue weighted by Crippen LogP contribution is 2.63. The number of hydrogen-bond acceptors (Lipinski definition) is 6. The molecule has 0 radical (unpaired) electrons. The van der Waals surface area contributed by atoms with Crippen molar-refractivity contribution >= 4 is 40.9 Å². The fourth-order valence-electron chi connectivity index (χ4n) is 7.64. The second kappa shape index (κ2) is 9.74. The number of halogens is 3. The minimum Gasteiger partial charge on any atom is -0.505 e. The van der Waals surface area contributed by atoms with E-state index >= 15 is 0 Å². The summed E-state index contributed by atoms with van der Waals surface area (Å²) in [6, 6.07) is 15.5. The van der Waals surface area contributed by atoms with E-state index in [0.29, 0.717) is 21.7 Å². The van der Waals surface area contributed by atoms with Gasteiger partial charge in [0.15, 0.2) is 11.6 Å². The van der Waals surface area contributed by atoms with Gasteiger partial charge in [0, 0.05) is 10.9 Å². The molecule has 0 aromatic heterocycles. The molecule has 4 amide bonds. The number of nitrogens with one attached hydrogen (secondary N) is 2. The van der Waals surface area contributed by atoms with Gasteiger partial charge < -0.3 is 5.11 Å². The van der Waals surface area contributed by atoms with Crippen molar-refractivity contribution in [2.75, 3.05) is 5.43 Å². The topological polar surface area (TPSA) is 116 Å². The Labute approximate surface area is 249 Å². The van der Waals surface area contributed by atoms with Crippen LogP contribution in [0.25, 0.3) is 0 Å². The lowest BCUT2D eigenvalue weighted by molar-refractivity contribution is -0.138. The summed E-state index contributed by atoms with van der Waals surface area (Å²) in [6.45, 7) is 0. The fraction of sp³-hybridized carbons (Fsp3) is 0.250. The minimum atomic E-state index is -1.62. The van der Waals surface area contributed by atoms with Crippen LogP contribution >= 0.6 is 11.6 Å². The standard InChI is InChI=1S/C32H24ClF2N3O5/c33-17-4-2-16(3-5-17)32-23(30(42)38(31(32)43)37-19-8-6-18(34)7-9-19)14-22-20(10-11-21-26(22)29(41)36-28(21)40)27(32)15-1-12-25(39)24(35)13-15/h1-10,12-13,21-23,26-27,37,39H,11,14H2,(H,36,40,41)/t21-,22+,23-,26-,27-,32+/m0/s1. The average molecular weight is 604 g/mol. The predicted octanol–water partition coefficient (Wildman–Crippen LogP) is 4.60. The van der Waals surface area contributed by atoms with Crippen molar-refractivity contribution in [2.24, 2.45) is 23.7 Å². The van der Waals surface area contributed by atoms with Crippen LogP contribution in [0.3, 0.4) is 0 Å². The lowest BCUT2D eigenvalue weighted by Gasteiger charge is -2.50. The first kappa shape index (κ1) is 27.3. The monoisotopic (exact) mass is 603 g/mol. The van der Waals surface area contributed by atoms with E-state index in [4.69, 9.17) is 11.6 Å². The number of carbonyl (C=O) groups excluding carboxylic acids is 4. The highest BCUT2D eigenvalue weighted by Gasteiger charge is 2.70. The van der Waals surface area contributed by atoms with Gasteiger partial charge in [-0.1, -0.05) is 41.4 Å². The number of anilines is 1. The molecule has 0 unspecified atom stereocenters. The molecule has 4 aliphatic rings. The molecular weight excluding hydrogens is 580 g/mol. The van der Waals surface area contributed by atoms with Gasteiger partial charge in [-0.2, -0.15) is 5.01 Å². The number of nitrogens with zero attached hydrogens (tertiary/aromatic N) is 1. The van der Waals surface area contributed by atoms with E-state index in [2.05, 4.69) is 10.7 Å². The molecular formula is C32H24ClF2N3O5. The third kappa shape index (κ3) is 3.92. The SMILES string of the molecule is O=C1NC(=O)[C@H]2CC=C3[C@@H](C[C@H]4C(=O)N(Nc5ccc(F)cc5)C(=O)[C@@]4(c4ccc(Cl)cc4)[C@H]3c3ccc(O)c(F)c3)[C@@H]12. The van der Waals surface area contributed by atoms with Gasteiger partial charge in [-0.3, -0.25) is 29.9 Å². The van der Waals surface area contributed by atoms with Crippen LogP contribution in [0, 0.1) is 35.3 Å². The van der Waals surface area contributed by atoms with Gasteiger partial charge in [0.2, 0.25) is 11.8 Å². The van der Waals surface area contributed by atoms with Crippen LogP contribution in [-0.4, -0.2) is 33.7 Å². The van der Waals surface area contributed by atoms with Crippen LogP contribution in [0.1, 0.15) is 29.9 Å². The van der Waals surface area contributed by atoms with Gasteiger partial charge in [0.25, 0.3) is 11.8 Å². The molecule has 1 saturated carbocycles. The zero-order valence-electron chi connectivity index (χ0n) is 22.4. The Morgan fingerprint density at radius 2 is 1.65 bits per heavy atom. The summed E-state index contributed by atoms with van der Waals surface area (Å²) in [7, 11) is 0. The van der Waals surface area contributed by atoms with E-state index in [1.165, 1.54) is 36.4 Å². The molecule has 43 heavy (non-hydrogen) atoms. The summed E-state index contributed by atoms with van der Waals surface area (Å²) in [5.74, 6) is -8.01. The van der Waals surface area contributed by atoms with Crippen LogP contribution in [0.4, 0.5) is 14.5 Å². The maximum atomic E-state index is 15.0. The van der Waals surface area contributed by atoms with E-state index in [1.54, 1.807) is 24.3 Å². The molecule has 7 rings (SSSR count). The second-order valence-corrected chi connectivity index (χ2v) is 11.9.